The van der Waals surface area contributed by atoms with Crippen molar-refractivity contribution < 1.29 is 36.6 Å². The number of carbonyl (C=O) groups excluding carboxylic acids is 1. The molecular weight excluding hydrogens is 375 g/mol. The van der Waals surface area contributed by atoms with E-state index in [2.05, 4.69) is 5.32 Å². The first-order chi connectivity index (χ1) is 12.6. The van der Waals surface area contributed by atoms with E-state index in [0.29, 0.717) is 19.3 Å². The smallest absolute Gasteiger partial charge is 0.394 e. The van der Waals surface area contributed by atoms with Crippen LogP contribution < -0.4 is 5.32 Å². The molecule has 1 aliphatic carbocycles. The van der Waals surface area contributed by atoms with Gasteiger partial charge in [0.25, 0.3) is 0 Å². The zero-order valence-corrected chi connectivity index (χ0v) is 14.0. The minimum absolute atomic E-state index is 0.258. The van der Waals surface area contributed by atoms with Gasteiger partial charge in [0.05, 0.1) is 17.9 Å². The molecule has 5 nitrogen and oxygen atoms in total. The van der Waals surface area contributed by atoms with Crippen molar-refractivity contribution in [3.8, 4) is 0 Å². The number of likely N-dealkylation sites (tertiary alicyclic amines) is 1. The van der Waals surface area contributed by atoms with Gasteiger partial charge in [-0.1, -0.05) is 0 Å². The third-order valence-electron chi connectivity index (χ3n) is 5.13. The molecule has 2 N–H and O–H groups in total. The summed E-state index contributed by atoms with van der Waals surface area (Å²) < 4.78 is 66.6. The van der Waals surface area contributed by atoms with Crippen molar-refractivity contribution in [1.82, 2.24) is 10.2 Å². The zero-order chi connectivity index (χ0) is 19.9. The third kappa shape index (κ3) is 3.84. The summed E-state index contributed by atoms with van der Waals surface area (Å²) in [6.45, 7) is -1.36. The van der Waals surface area contributed by atoms with Crippen LogP contribution in [0, 0.1) is 23.5 Å². The maximum Gasteiger partial charge on any atom is 0.394 e. The minimum atomic E-state index is -4.75. The van der Waals surface area contributed by atoms with Crippen LogP contribution in [0.2, 0.25) is 0 Å². The SMILES string of the molecule is O=C(O)[C@@H]1CN(C(=O)N[C@H]2CCCc3c(F)cc(F)cc32)C[C@H]1C(F)(F)F. The monoisotopic (exact) mass is 392 g/mol. The second-order valence-electron chi connectivity index (χ2n) is 6.85. The van der Waals surface area contributed by atoms with E-state index in [4.69, 9.17) is 5.11 Å². The van der Waals surface area contributed by atoms with Crippen LogP contribution in [0.25, 0.3) is 0 Å². The van der Waals surface area contributed by atoms with Gasteiger partial charge in [0.15, 0.2) is 0 Å². The van der Waals surface area contributed by atoms with Crippen LogP contribution >= 0.6 is 0 Å². The van der Waals surface area contributed by atoms with Crippen LogP contribution in [0.15, 0.2) is 12.1 Å². The molecule has 0 saturated carbocycles. The van der Waals surface area contributed by atoms with E-state index in [1.165, 1.54) is 0 Å². The quantitative estimate of drug-likeness (QED) is 0.760. The van der Waals surface area contributed by atoms with E-state index < -0.39 is 60.8 Å². The standard InChI is InChI=1S/C17H17F5N2O3/c18-8-4-10-9(13(19)5-8)2-1-3-14(10)23-16(27)24-6-11(15(25)26)12(7-24)17(20,21)22/h4-5,11-12,14H,1-3,6-7H2,(H,23,27)(H,25,26)/t11-,12-,14+/m1/s1. The number of hydrogen-bond acceptors (Lipinski definition) is 2. The maximum atomic E-state index is 13.9. The van der Waals surface area contributed by atoms with Crippen LogP contribution in [0.5, 0.6) is 0 Å². The van der Waals surface area contributed by atoms with E-state index in [-0.39, 0.29) is 11.1 Å². The number of halogens is 5. The fourth-order valence-corrected chi connectivity index (χ4v) is 3.78. The van der Waals surface area contributed by atoms with Crippen molar-refractivity contribution in [2.45, 2.75) is 31.5 Å². The highest BCUT2D eigenvalue weighted by molar-refractivity contribution is 5.78. The Morgan fingerprint density at radius 2 is 1.89 bits per heavy atom. The zero-order valence-electron chi connectivity index (χ0n) is 14.0. The van der Waals surface area contributed by atoms with Crippen LogP contribution in [0.1, 0.15) is 30.0 Å². The minimum Gasteiger partial charge on any atom is -0.481 e. The number of fused-ring (bicyclic) bond motifs is 1. The number of carboxylic acids is 1. The molecule has 1 fully saturated rings. The molecule has 148 valence electrons. The first-order valence-electron chi connectivity index (χ1n) is 8.40. The van der Waals surface area contributed by atoms with Crippen molar-refractivity contribution >= 4 is 12.0 Å². The molecule has 0 radical (unpaired) electrons. The van der Waals surface area contributed by atoms with E-state index in [0.717, 1.165) is 17.0 Å². The Kier molecular flexibility index (Phi) is 5.00. The molecule has 3 rings (SSSR count). The Bertz CT molecular complexity index is 768. The number of hydrogen-bond donors (Lipinski definition) is 2. The average molecular weight is 392 g/mol. The van der Waals surface area contributed by atoms with Gasteiger partial charge >= 0.3 is 18.2 Å². The highest BCUT2D eigenvalue weighted by Crippen LogP contribution is 2.38. The van der Waals surface area contributed by atoms with Gasteiger partial charge in [-0.3, -0.25) is 4.79 Å². The van der Waals surface area contributed by atoms with Crippen LogP contribution in [-0.4, -0.2) is 41.3 Å². The fraction of sp³-hybridized carbons (Fsp3) is 0.529. The van der Waals surface area contributed by atoms with E-state index in [9.17, 15) is 31.5 Å². The van der Waals surface area contributed by atoms with E-state index in [1.807, 2.05) is 0 Å². The fourth-order valence-electron chi connectivity index (χ4n) is 3.78. The second-order valence-corrected chi connectivity index (χ2v) is 6.85. The predicted octanol–water partition coefficient (Wildman–Crippen LogP) is 3.25. The molecule has 0 aromatic heterocycles. The Morgan fingerprint density at radius 3 is 2.48 bits per heavy atom. The number of rotatable bonds is 2. The summed E-state index contributed by atoms with van der Waals surface area (Å²) in [5.41, 5.74) is 0.527. The lowest BCUT2D eigenvalue weighted by molar-refractivity contribution is -0.187. The molecule has 1 saturated heterocycles. The lowest BCUT2D eigenvalue weighted by atomic mass is 9.87. The molecule has 2 aliphatic rings. The van der Waals surface area contributed by atoms with Gasteiger partial charge in [-0.2, -0.15) is 13.2 Å². The van der Waals surface area contributed by atoms with Gasteiger partial charge in [0.2, 0.25) is 0 Å². The first-order valence-corrected chi connectivity index (χ1v) is 8.40. The highest BCUT2D eigenvalue weighted by atomic mass is 19.4. The van der Waals surface area contributed by atoms with Crippen molar-refractivity contribution in [2.75, 3.05) is 13.1 Å². The van der Waals surface area contributed by atoms with Gasteiger partial charge in [-0.05, 0) is 36.5 Å². The second kappa shape index (κ2) is 6.97. The lowest BCUT2D eigenvalue weighted by Crippen LogP contribution is -2.42. The van der Waals surface area contributed by atoms with Gasteiger partial charge < -0.3 is 15.3 Å². The molecule has 27 heavy (non-hydrogen) atoms. The number of amides is 2. The van der Waals surface area contributed by atoms with Crippen LogP contribution in [0.3, 0.4) is 0 Å². The van der Waals surface area contributed by atoms with Crippen molar-refractivity contribution in [2.24, 2.45) is 11.8 Å². The summed E-state index contributed by atoms with van der Waals surface area (Å²) in [6, 6.07) is 0.218. The molecule has 0 unspecified atom stereocenters. The summed E-state index contributed by atoms with van der Waals surface area (Å²) >= 11 is 0. The Hall–Kier alpha value is -2.39. The van der Waals surface area contributed by atoms with Gasteiger partial charge in [-0.25, -0.2) is 13.6 Å². The van der Waals surface area contributed by atoms with Crippen molar-refractivity contribution in [3.63, 3.8) is 0 Å². The average Bonchev–Trinajstić information content (AvgIpc) is 3.01. The molecule has 0 bridgehead atoms. The number of carboxylic acid groups (broad SMARTS) is 1. The Balaban J connectivity index is 1.77. The normalized spacial score (nSPS) is 25.2. The van der Waals surface area contributed by atoms with E-state index in [1.54, 1.807) is 0 Å². The molecule has 1 heterocycles. The number of nitrogens with one attached hydrogen (secondary N) is 1. The van der Waals surface area contributed by atoms with Crippen molar-refractivity contribution in [3.05, 3.63) is 34.9 Å². The molecule has 1 aromatic rings. The van der Waals surface area contributed by atoms with Crippen LogP contribution in [0.4, 0.5) is 26.7 Å². The molecule has 3 atom stereocenters. The van der Waals surface area contributed by atoms with Gasteiger partial charge in [0.1, 0.15) is 11.6 Å². The topological polar surface area (TPSA) is 69.6 Å². The number of carbonyl (C=O) groups is 2. The molecule has 1 aliphatic heterocycles. The van der Waals surface area contributed by atoms with Gasteiger partial charge in [0, 0.05) is 19.2 Å². The molecular formula is C17H17F5N2O3. The number of benzene rings is 1. The molecule has 1 aromatic carbocycles. The number of urea groups is 1. The summed E-state index contributed by atoms with van der Waals surface area (Å²) in [4.78, 5) is 24.3. The van der Waals surface area contributed by atoms with Crippen LogP contribution in [-0.2, 0) is 11.2 Å². The maximum absolute atomic E-state index is 13.9. The number of nitrogens with zero attached hydrogens (tertiary/aromatic N) is 1. The summed E-state index contributed by atoms with van der Waals surface area (Å²) in [5.74, 6) is -7.07. The molecule has 0 spiro atoms. The van der Waals surface area contributed by atoms with E-state index >= 15 is 0 Å². The number of aliphatic carboxylic acids is 1. The summed E-state index contributed by atoms with van der Waals surface area (Å²) in [6.07, 6.45) is -3.49. The largest absolute Gasteiger partial charge is 0.481 e. The molecule has 10 heteroatoms. The number of alkyl halides is 3. The predicted molar refractivity (Wildman–Crippen MR) is 82.8 cm³/mol. The first kappa shape index (κ1) is 19.4. The lowest BCUT2D eigenvalue weighted by Gasteiger charge is -2.29. The highest BCUT2D eigenvalue weighted by Gasteiger charge is 2.53. The van der Waals surface area contributed by atoms with Gasteiger partial charge in [-0.15, -0.1) is 0 Å². The van der Waals surface area contributed by atoms with Crippen molar-refractivity contribution in [1.29, 1.82) is 0 Å². The summed E-state index contributed by atoms with van der Waals surface area (Å²) in [5, 5.41) is 11.5. The molecule has 2 amide bonds. The Morgan fingerprint density at radius 1 is 1.19 bits per heavy atom. The summed E-state index contributed by atoms with van der Waals surface area (Å²) in [7, 11) is 0. The third-order valence-corrected chi connectivity index (χ3v) is 5.13. The Labute approximate surface area is 151 Å².